The first-order valence-corrected chi connectivity index (χ1v) is 7.41. The third kappa shape index (κ3) is 3.91. The van der Waals surface area contributed by atoms with Crippen LogP contribution in [0, 0.1) is 0 Å². The number of hydrogen-bond donors (Lipinski definition) is 1. The van der Waals surface area contributed by atoms with Crippen molar-refractivity contribution in [2.24, 2.45) is 5.73 Å². The molecule has 0 aliphatic carbocycles. The maximum Gasteiger partial charge on any atom is 0.127 e. The number of rotatable bonds is 7. The Morgan fingerprint density at radius 2 is 1.90 bits per heavy atom. The molecule has 0 unspecified atom stereocenters. The molecule has 0 aromatic heterocycles. The largest absolute Gasteiger partial charge is 0.493 e. The van der Waals surface area contributed by atoms with Gasteiger partial charge in [-0.1, -0.05) is 43.0 Å². The summed E-state index contributed by atoms with van der Waals surface area (Å²) < 4.78 is 5.93. The van der Waals surface area contributed by atoms with Gasteiger partial charge in [0.1, 0.15) is 5.75 Å². The lowest BCUT2D eigenvalue weighted by molar-refractivity contribution is 0.240. The molecule has 2 N–H and O–H groups in total. The van der Waals surface area contributed by atoms with Crippen LogP contribution < -0.4 is 10.5 Å². The number of nitrogens with two attached hydrogens (primary N) is 1. The van der Waals surface area contributed by atoms with Crippen LogP contribution in [-0.4, -0.2) is 24.1 Å². The second-order valence-corrected chi connectivity index (χ2v) is 5.46. The molecule has 0 aliphatic rings. The van der Waals surface area contributed by atoms with Crippen LogP contribution in [0.4, 0.5) is 0 Å². The van der Waals surface area contributed by atoms with Crippen LogP contribution in [0.5, 0.6) is 5.75 Å². The molecule has 0 atom stereocenters. The summed E-state index contributed by atoms with van der Waals surface area (Å²) in [6, 6.07) is 14.8. The van der Waals surface area contributed by atoms with Gasteiger partial charge in [-0.2, -0.15) is 0 Å². The van der Waals surface area contributed by atoms with E-state index in [2.05, 4.69) is 43.5 Å². The molecule has 2 aromatic rings. The van der Waals surface area contributed by atoms with Gasteiger partial charge in [-0.15, -0.1) is 0 Å². The van der Waals surface area contributed by atoms with Crippen LogP contribution in [-0.2, 0) is 0 Å². The summed E-state index contributed by atoms with van der Waals surface area (Å²) in [5.74, 6) is 1.56. The summed E-state index contributed by atoms with van der Waals surface area (Å²) in [5, 5.41) is 2.36. The predicted molar refractivity (Wildman–Crippen MR) is 89.2 cm³/mol. The number of nitrogens with zero attached hydrogens (tertiary/aromatic N) is 1. The van der Waals surface area contributed by atoms with E-state index in [4.69, 9.17) is 10.5 Å². The Labute approximate surface area is 127 Å². The highest BCUT2D eigenvalue weighted by Crippen LogP contribution is 2.25. The Morgan fingerprint density at radius 3 is 2.62 bits per heavy atom. The lowest BCUT2D eigenvalue weighted by atomic mass is 10.1. The van der Waals surface area contributed by atoms with E-state index in [1.165, 1.54) is 5.39 Å². The van der Waals surface area contributed by atoms with E-state index < -0.39 is 0 Å². The van der Waals surface area contributed by atoms with Gasteiger partial charge in [0.25, 0.3) is 0 Å². The molecule has 2 aromatic carbocycles. The van der Waals surface area contributed by atoms with Gasteiger partial charge in [-0.25, -0.2) is 0 Å². The van der Waals surface area contributed by atoms with E-state index in [9.17, 15) is 0 Å². The standard InChI is InChI=1S/C18H24N2O/c1-14(2)20(15(3)19)12-7-13-21-18-11-6-9-16-8-4-5-10-17(16)18/h4-6,8-11,14H,3,7,12-13,19H2,1-2H3. The normalized spacial score (nSPS) is 10.8. The Balaban J connectivity index is 1.92. The lowest BCUT2D eigenvalue weighted by Gasteiger charge is -2.28. The molecule has 2 rings (SSSR count). The average Bonchev–Trinajstić information content (AvgIpc) is 2.46. The highest BCUT2D eigenvalue weighted by Gasteiger charge is 2.08. The van der Waals surface area contributed by atoms with Gasteiger partial charge in [-0.3, -0.25) is 0 Å². The maximum absolute atomic E-state index is 5.93. The molecule has 0 bridgehead atoms. The van der Waals surface area contributed by atoms with E-state index in [0.29, 0.717) is 18.5 Å². The predicted octanol–water partition coefficient (Wildman–Crippen LogP) is 3.75. The maximum atomic E-state index is 5.93. The molecule has 0 aliphatic heterocycles. The first kappa shape index (κ1) is 15.2. The first-order chi connectivity index (χ1) is 10.1. The van der Waals surface area contributed by atoms with E-state index in [1.807, 2.05) is 24.3 Å². The number of fused-ring (bicyclic) bond motifs is 1. The molecule has 0 saturated carbocycles. The third-order valence-corrected chi connectivity index (χ3v) is 3.54. The summed E-state index contributed by atoms with van der Waals surface area (Å²) in [6.45, 7) is 9.58. The molecule has 21 heavy (non-hydrogen) atoms. The van der Waals surface area contributed by atoms with Gasteiger partial charge < -0.3 is 15.4 Å². The zero-order chi connectivity index (χ0) is 15.2. The molecule has 112 valence electrons. The minimum atomic E-state index is 0.361. The zero-order valence-electron chi connectivity index (χ0n) is 12.9. The summed E-state index contributed by atoms with van der Waals surface area (Å²) in [7, 11) is 0. The minimum Gasteiger partial charge on any atom is -0.493 e. The van der Waals surface area contributed by atoms with Crippen LogP contribution in [0.15, 0.2) is 54.9 Å². The van der Waals surface area contributed by atoms with Gasteiger partial charge in [0, 0.05) is 18.0 Å². The van der Waals surface area contributed by atoms with E-state index >= 15 is 0 Å². The van der Waals surface area contributed by atoms with Gasteiger partial charge in [-0.05, 0) is 31.7 Å². The fraction of sp³-hybridized carbons (Fsp3) is 0.333. The first-order valence-electron chi connectivity index (χ1n) is 7.41. The highest BCUT2D eigenvalue weighted by molar-refractivity contribution is 5.88. The topological polar surface area (TPSA) is 38.5 Å². The molecule has 0 heterocycles. The van der Waals surface area contributed by atoms with Crippen LogP contribution in [0.3, 0.4) is 0 Å². The third-order valence-electron chi connectivity index (χ3n) is 3.54. The second kappa shape index (κ2) is 7.02. The Hall–Kier alpha value is -2.16. The van der Waals surface area contributed by atoms with Gasteiger partial charge in [0.2, 0.25) is 0 Å². The molecular formula is C18H24N2O. The molecule has 0 radical (unpaired) electrons. The van der Waals surface area contributed by atoms with Gasteiger partial charge >= 0.3 is 0 Å². The van der Waals surface area contributed by atoms with Crippen molar-refractivity contribution >= 4 is 10.8 Å². The second-order valence-electron chi connectivity index (χ2n) is 5.46. The van der Waals surface area contributed by atoms with E-state index in [0.717, 1.165) is 24.1 Å². The van der Waals surface area contributed by atoms with Gasteiger partial charge in [0.15, 0.2) is 0 Å². The van der Waals surface area contributed by atoms with Gasteiger partial charge in [0.05, 0.1) is 12.4 Å². The van der Waals surface area contributed by atoms with E-state index in [1.54, 1.807) is 0 Å². The monoisotopic (exact) mass is 284 g/mol. The molecule has 0 spiro atoms. The molecule has 3 heteroatoms. The number of hydrogen-bond acceptors (Lipinski definition) is 3. The number of ether oxygens (including phenoxy) is 1. The van der Waals surface area contributed by atoms with Crippen molar-refractivity contribution in [2.75, 3.05) is 13.2 Å². The van der Waals surface area contributed by atoms with Crippen molar-refractivity contribution < 1.29 is 4.74 Å². The van der Waals surface area contributed by atoms with Crippen LogP contribution in [0.1, 0.15) is 20.3 Å². The lowest BCUT2D eigenvalue weighted by Crippen LogP contribution is -2.34. The Bertz CT molecular complexity index is 602. The van der Waals surface area contributed by atoms with Crippen LogP contribution >= 0.6 is 0 Å². The molecule has 0 amide bonds. The minimum absolute atomic E-state index is 0.361. The average molecular weight is 284 g/mol. The molecule has 0 saturated heterocycles. The smallest absolute Gasteiger partial charge is 0.127 e. The molecule has 3 nitrogen and oxygen atoms in total. The van der Waals surface area contributed by atoms with Crippen molar-refractivity contribution in [3.63, 3.8) is 0 Å². The number of benzene rings is 2. The Kier molecular flexibility index (Phi) is 5.09. The van der Waals surface area contributed by atoms with E-state index in [-0.39, 0.29) is 0 Å². The fourth-order valence-corrected chi connectivity index (χ4v) is 2.47. The molecule has 0 fully saturated rings. The fourth-order valence-electron chi connectivity index (χ4n) is 2.47. The van der Waals surface area contributed by atoms with Crippen molar-refractivity contribution in [3.8, 4) is 5.75 Å². The van der Waals surface area contributed by atoms with Crippen LogP contribution in [0.2, 0.25) is 0 Å². The van der Waals surface area contributed by atoms with Crippen molar-refractivity contribution in [1.82, 2.24) is 4.90 Å². The highest BCUT2D eigenvalue weighted by atomic mass is 16.5. The van der Waals surface area contributed by atoms with Crippen molar-refractivity contribution in [1.29, 1.82) is 0 Å². The molecular weight excluding hydrogens is 260 g/mol. The quantitative estimate of drug-likeness (QED) is 0.787. The SMILES string of the molecule is C=C(N)N(CCCOc1cccc2ccccc12)C(C)C. The van der Waals surface area contributed by atoms with Crippen LogP contribution in [0.25, 0.3) is 10.8 Å². The zero-order valence-corrected chi connectivity index (χ0v) is 12.9. The van der Waals surface area contributed by atoms with Crippen molar-refractivity contribution in [2.45, 2.75) is 26.3 Å². The van der Waals surface area contributed by atoms with Crippen molar-refractivity contribution in [3.05, 3.63) is 54.9 Å². The summed E-state index contributed by atoms with van der Waals surface area (Å²) in [5.41, 5.74) is 5.80. The Morgan fingerprint density at radius 1 is 1.19 bits per heavy atom. The summed E-state index contributed by atoms with van der Waals surface area (Å²) in [4.78, 5) is 2.09. The summed E-state index contributed by atoms with van der Waals surface area (Å²) in [6.07, 6.45) is 0.914. The summed E-state index contributed by atoms with van der Waals surface area (Å²) >= 11 is 0.